The molecule has 4 heteroatoms. The van der Waals surface area contributed by atoms with Gasteiger partial charge >= 0.3 is 0 Å². The first kappa shape index (κ1) is 14.0. The van der Waals surface area contributed by atoms with E-state index in [0.717, 1.165) is 18.8 Å². The summed E-state index contributed by atoms with van der Waals surface area (Å²) in [7, 11) is 2.06. The van der Waals surface area contributed by atoms with Gasteiger partial charge in [0.25, 0.3) is 0 Å². The van der Waals surface area contributed by atoms with Crippen LogP contribution < -0.4 is 0 Å². The summed E-state index contributed by atoms with van der Waals surface area (Å²) in [6.07, 6.45) is 2.23. The molecule has 1 aromatic rings. The number of hydrogen-bond acceptors (Lipinski definition) is 4. The van der Waals surface area contributed by atoms with Crippen molar-refractivity contribution in [2.75, 3.05) is 13.6 Å². The smallest absolute Gasteiger partial charge is 0.0982 e. The van der Waals surface area contributed by atoms with Gasteiger partial charge in [-0.25, -0.2) is 4.98 Å². The summed E-state index contributed by atoms with van der Waals surface area (Å²) in [4.78, 5) is 6.86. The average Bonchev–Trinajstić information content (AvgIpc) is 2.98. The van der Waals surface area contributed by atoms with Crippen LogP contribution in [0.3, 0.4) is 0 Å². The molecule has 1 heterocycles. The van der Waals surface area contributed by atoms with Gasteiger partial charge in [0.05, 0.1) is 16.8 Å². The van der Waals surface area contributed by atoms with E-state index in [2.05, 4.69) is 43.1 Å². The molecule has 0 aromatic carbocycles. The minimum Gasteiger partial charge on any atom is -0.392 e. The maximum Gasteiger partial charge on any atom is 0.0982 e. The summed E-state index contributed by atoms with van der Waals surface area (Å²) in [6, 6.07) is 0. The third-order valence-electron chi connectivity index (χ3n) is 3.29. The zero-order chi connectivity index (χ0) is 13.3. The Morgan fingerprint density at radius 3 is 2.67 bits per heavy atom. The van der Waals surface area contributed by atoms with Crippen molar-refractivity contribution < 1.29 is 5.11 Å². The van der Waals surface area contributed by atoms with Gasteiger partial charge in [-0.1, -0.05) is 20.8 Å². The van der Waals surface area contributed by atoms with Gasteiger partial charge < -0.3 is 5.11 Å². The second kappa shape index (κ2) is 5.27. The molecule has 102 valence electrons. The second-order valence-corrected chi connectivity index (χ2v) is 7.35. The number of nitrogens with zero attached hydrogens (tertiary/aromatic N) is 2. The first-order valence-corrected chi connectivity index (χ1v) is 7.55. The first-order chi connectivity index (χ1) is 8.36. The summed E-state index contributed by atoms with van der Waals surface area (Å²) in [5.41, 5.74) is 1.25. The number of rotatable bonds is 5. The fourth-order valence-corrected chi connectivity index (χ4v) is 2.91. The van der Waals surface area contributed by atoms with E-state index in [-0.39, 0.29) is 11.5 Å². The van der Waals surface area contributed by atoms with Gasteiger partial charge in [-0.15, -0.1) is 11.3 Å². The van der Waals surface area contributed by atoms with Crippen molar-refractivity contribution in [2.45, 2.75) is 51.7 Å². The second-order valence-electron chi connectivity index (χ2n) is 6.50. The predicted octanol–water partition coefficient (Wildman–Crippen LogP) is 2.64. The molecule has 18 heavy (non-hydrogen) atoms. The van der Waals surface area contributed by atoms with Crippen LogP contribution in [0.5, 0.6) is 0 Å². The van der Waals surface area contributed by atoms with E-state index < -0.39 is 0 Å². The van der Waals surface area contributed by atoms with E-state index in [0.29, 0.717) is 5.92 Å². The van der Waals surface area contributed by atoms with Crippen molar-refractivity contribution in [1.82, 2.24) is 9.88 Å². The fourth-order valence-electron chi connectivity index (χ4n) is 2.01. The SMILES string of the molecule is CN(Cc1csc(C(C)(C)C)n1)CC(O)C1CC1. The molecule has 1 N–H and O–H groups in total. The molecule has 1 atom stereocenters. The number of likely N-dealkylation sites (N-methyl/N-ethyl adjacent to an activating group) is 1. The standard InChI is InChI=1S/C14H24N2OS/c1-14(2,3)13-15-11(9-18-13)7-16(4)8-12(17)10-5-6-10/h9-10,12,17H,5-8H2,1-4H3. The highest BCUT2D eigenvalue weighted by Crippen LogP contribution is 2.33. The van der Waals surface area contributed by atoms with Crippen molar-refractivity contribution in [3.63, 3.8) is 0 Å². The lowest BCUT2D eigenvalue weighted by molar-refractivity contribution is 0.104. The molecule has 0 bridgehead atoms. The molecule has 2 rings (SSSR count). The van der Waals surface area contributed by atoms with E-state index in [1.807, 2.05) is 0 Å². The summed E-state index contributed by atoms with van der Waals surface area (Å²) in [5, 5.41) is 13.2. The van der Waals surface area contributed by atoms with Crippen LogP contribution in [-0.2, 0) is 12.0 Å². The molecule has 0 amide bonds. The number of aromatic nitrogens is 1. The predicted molar refractivity (Wildman–Crippen MR) is 75.9 cm³/mol. The largest absolute Gasteiger partial charge is 0.392 e. The van der Waals surface area contributed by atoms with E-state index in [1.54, 1.807) is 11.3 Å². The van der Waals surface area contributed by atoms with Gasteiger partial charge in [0.2, 0.25) is 0 Å². The highest BCUT2D eigenvalue weighted by molar-refractivity contribution is 7.09. The molecule has 3 nitrogen and oxygen atoms in total. The Hall–Kier alpha value is -0.450. The maximum absolute atomic E-state index is 9.91. The number of aliphatic hydroxyl groups excluding tert-OH is 1. The Kier molecular flexibility index (Phi) is 4.09. The molecule has 0 spiro atoms. The van der Waals surface area contributed by atoms with Gasteiger partial charge in [-0.05, 0) is 25.8 Å². The van der Waals surface area contributed by atoms with Crippen molar-refractivity contribution in [2.24, 2.45) is 5.92 Å². The molecular formula is C14H24N2OS. The lowest BCUT2D eigenvalue weighted by Crippen LogP contribution is -2.30. The van der Waals surface area contributed by atoms with Gasteiger partial charge in [0.15, 0.2) is 0 Å². The molecule has 1 aromatic heterocycles. The van der Waals surface area contributed by atoms with Crippen LogP contribution in [-0.4, -0.2) is 34.7 Å². The van der Waals surface area contributed by atoms with Crippen LogP contribution in [0, 0.1) is 5.92 Å². The van der Waals surface area contributed by atoms with Crippen molar-refractivity contribution in [3.05, 3.63) is 16.1 Å². The fraction of sp³-hybridized carbons (Fsp3) is 0.786. The zero-order valence-electron chi connectivity index (χ0n) is 11.8. The number of hydrogen-bond donors (Lipinski definition) is 1. The molecule has 1 aliphatic rings. The molecule has 1 saturated carbocycles. The van der Waals surface area contributed by atoms with Crippen LogP contribution in [0.1, 0.15) is 44.3 Å². The van der Waals surface area contributed by atoms with E-state index >= 15 is 0 Å². The summed E-state index contributed by atoms with van der Waals surface area (Å²) in [5.74, 6) is 0.549. The van der Waals surface area contributed by atoms with Crippen LogP contribution in [0.15, 0.2) is 5.38 Å². The lowest BCUT2D eigenvalue weighted by atomic mass is 9.98. The number of thiazole rings is 1. The highest BCUT2D eigenvalue weighted by Gasteiger charge is 2.30. The molecule has 0 saturated heterocycles. The van der Waals surface area contributed by atoms with E-state index in [1.165, 1.54) is 17.8 Å². The minimum absolute atomic E-state index is 0.134. The third kappa shape index (κ3) is 3.77. The third-order valence-corrected chi connectivity index (χ3v) is 4.61. The van der Waals surface area contributed by atoms with Crippen LogP contribution in [0.25, 0.3) is 0 Å². The van der Waals surface area contributed by atoms with Gasteiger partial charge in [0.1, 0.15) is 0 Å². The molecular weight excluding hydrogens is 244 g/mol. The molecule has 0 radical (unpaired) electrons. The maximum atomic E-state index is 9.91. The van der Waals surface area contributed by atoms with Gasteiger partial charge in [-0.2, -0.15) is 0 Å². The average molecular weight is 268 g/mol. The Labute approximate surface area is 114 Å². The topological polar surface area (TPSA) is 36.4 Å². The zero-order valence-corrected chi connectivity index (χ0v) is 12.6. The van der Waals surface area contributed by atoms with Crippen molar-refractivity contribution in [1.29, 1.82) is 0 Å². The number of aliphatic hydroxyl groups is 1. The Morgan fingerprint density at radius 1 is 1.50 bits per heavy atom. The summed E-state index contributed by atoms with van der Waals surface area (Å²) < 4.78 is 0. The molecule has 1 unspecified atom stereocenters. The molecule has 1 aliphatic carbocycles. The monoisotopic (exact) mass is 268 g/mol. The van der Waals surface area contributed by atoms with Gasteiger partial charge in [0, 0.05) is 23.9 Å². The summed E-state index contributed by atoms with van der Waals surface area (Å²) >= 11 is 1.74. The Balaban J connectivity index is 1.86. The van der Waals surface area contributed by atoms with Crippen LogP contribution >= 0.6 is 11.3 Å². The lowest BCUT2D eigenvalue weighted by Gasteiger charge is -2.19. The summed E-state index contributed by atoms with van der Waals surface area (Å²) in [6.45, 7) is 8.16. The van der Waals surface area contributed by atoms with Gasteiger partial charge in [-0.3, -0.25) is 4.90 Å². The minimum atomic E-state index is -0.157. The van der Waals surface area contributed by atoms with E-state index in [4.69, 9.17) is 0 Å². The first-order valence-electron chi connectivity index (χ1n) is 6.68. The highest BCUT2D eigenvalue weighted by atomic mass is 32.1. The van der Waals surface area contributed by atoms with Crippen molar-refractivity contribution in [3.8, 4) is 0 Å². The quantitative estimate of drug-likeness (QED) is 0.892. The normalized spacial score (nSPS) is 18.3. The van der Waals surface area contributed by atoms with Crippen LogP contribution in [0.2, 0.25) is 0 Å². The van der Waals surface area contributed by atoms with E-state index in [9.17, 15) is 5.11 Å². The Morgan fingerprint density at radius 2 is 2.17 bits per heavy atom. The van der Waals surface area contributed by atoms with Crippen LogP contribution in [0.4, 0.5) is 0 Å². The molecule has 1 fully saturated rings. The molecule has 0 aliphatic heterocycles. The van der Waals surface area contributed by atoms with Crippen molar-refractivity contribution >= 4 is 11.3 Å². The Bertz CT molecular complexity index is 393.